The summed E-state index contributed by atoms with van der Waals surface area (Å²) in [6.45, 7) is 0. The van der Waals surface area contributed by atoms with E-state index < -0.39 is 82.5 Å². The average molecular weight is 707 g/mol. The molecule has 1 spiro atoms. The third-order valence-electron chi connectivity index (χ3n) is 9.80. The van der Waals surface area contributed by atoms with Crippen LogP contribution in [0.1, 0.15) is 28.8 Å². The molecule has 1 atom stereocenters. The molecule has 0 radical (unpaired) electrons. The molecule has 254 valence electrons. The predicted molar refractivity (Wildman–Crippen MR) is 186 cm³/mol. The Labute approximate surface area is 287 Å². The number of nitrogens with one attached hydrogen (secondary N) is 3. The van der Waals surface area contributed by atoms with Gasteiger partial charge in [0.25, 0.3) is 5.56 Å². The van der Waals surface area contributed by atoms with E-state index in [1.54, 1.807) is 6.20 Å². The number of phenols is 1. The van der Waals surface area contributed by atoms with Crippen LogP contribution in [-0.4, -0.2) is 44.5 Å². The number of pyridine rings is 1. The normalized spacial score (nSPS) is 16.6. The van der Waals surface area contributed by atoms with Crippen LogP contribution < -0.4 is 47.9 Å². The highest BCUT2D eigenvalue weighted by Gasteiger charge is 2.53. The van der Waals surface area contributed by atoms with E-state index in [0.29, 0.717) is 0 Å². The highest BCUT2D eigenvalue weighted by molar-refractivity contribution is 6.37. The molecule has 0 bridgehead atoms. The summed E-state index contributed by atoms with van der Waals surface area (Å²) in [4.78, 5) is 84.9. The minimum absolute atomic E-state index is 0.00474. The maximum atomic E-state index is 13.7. The first kappa shape index (κ1) is 31.7. The molecule has 0 saturated heterocycles. The zero-order valence-electron chi connectivity index (χ0n) is 26.3. The number of halogens is 1. The molecule has 2 heterocycles. The smallest absolute Gasteiger partial charge is 0.260 e. The maximum Gasteiger partial charge on any atom is 0.260 e. The first-order chi connectivity index (χ1) is 24.4. The molecule has 51 heavy (non-hydrogen) atoms. The third kappa shape index (κ3) is 4.19. The fraction of sp³-hybridized carbons (Fsp3) is 0.139. The molecule has 0 aliphatic heterocycles. The largest absolute Gasteiger partial charge is 0.510 e. The van der Waals surface area contributed by atoms with Crippen molar-refractivity contribution in [3.05, 3.63) is 142 Å². The summed E-state index contributed by atoms with van der Waals surface area (Å²) in [5.74, 6) is -3.28. The van der Waals surface area contributed by atoms with Gasteiger partial charge in [0, 0.05) is 34.1 Å². The Morgan fingerprint density at radius 3 is 2.41 bits per heavy atom. The number of hydrazone groups is 1. The van der Waals surface area contributed by atoms with Gasteiger partial charge in [-0.25, -0.2) is 5.43 Å². The Kier molecular flexibility index (Phi) is 6.83. The van der Waals surface area contributed by atoms with Crippen LogP contribution in [0.15, 0.2) is 71.7 Å². The lowest BCUT2D eigenvalue weighted by Gasteiger charge is -2.27. The van der Waals surface area contributed by atoms with Gasteiger partial charge in [0.2, 0.25) is 22.2 Å². The molecular weight excluding hydrogens is 684 g/mol. The van der Waals surface area contributed by atoms with Crippen molar-refractivity contribution in [2.75, 3.05) is 7.11 Å². The number of ether oxygens (including phenoxy) is 1. The second-order valence-electron chi connectivity index (χ2n) is 12.4. The van der Waals surface area contributed by atoms with E-state index >= 15 is 0 Å². The number of hydrogen-bond acceptors (Lipinski definition) is 11. The number of nitrogens with zero attached hydrogens (tertiary/aromatic N) is 1. The van der Waals surface area contributed by atoms with Gasteiger partial charge in [0.1, 0.15) is 22.7 Å². The van der Waals surface area contributed by atoms with Crippen molar-refractivity contribution < 1.29 is 24.9 Å². The van der Waals surface area contributed by atoms with Gasteiger partial charge in [-0.05, 0) is 36.1 Å². The highest BCUT2D eigenvalue weighted by Crippen LogP contribution is 2.56. The number of rotatable bonds is 5. The topological polar surface area (TPSA) is 228 Å². The molecule has 4 aromatic rings. The Hall–Kier alpha value is -6.54. The minimum atomic E-state index is -2.10. The molecule has 1 amide bonds. The Bertz CT molecular complexity index is 3100. The number of amides is 1. The van der Waals surface area contributed by atoms with Gasteiger partial charge in [-0.2, -0.15) is 5.10 Å². The average Bonchev–Trinajstić information content (AvgIpc) is 3.77. The lowest BCUT2D eigenvalue weighted by atomic mass is 9.78. The molecule has 0 unspecified atom stereocenters. The number of carbonyl (C=O) groups is 1. The van der Waals surface area contributed by atoms with Gasteiger partial charge in [0.05, 0.1) is 56.7 Å². The van der Waals surface area contributed by atoms with Crippen molar-refractivity contribution in [1.29, 1.82) is 0 Å². The minimum Gasteiger partial charge on any atom is -0.510 e. The number of aliphatic hydroxyl groups is 2. The zero-order valence-corrected chi connectivity index (χ0v) is 27.0. The molecule has 2 aromatic heterocycles. The summed E-state index contributed by atoms with van der Waals surface area (Å²) in [5.41, 5.74) is -3.20. The predicted octanol–water partition coefficient (Wildman–Crippen LogP) is 0.341. The molecule has 2 aromatic carbocycles. The number of fused-ring (bicyclic) bond motifs is 5. The van der Waals surface area contributed by atoms with E-state index in [1.165, 1.54) is 12.3 Å². The van der Waals surface area contributed by atoms with E-state index in [0.717, 1.165) is 29.6 Å². The van der Waals surface area contributed by atoms with Crippen LogP contribution in [0, 0.1) is 10.4 Å². The number of methoxy groups -OCH3 is 1. The van der Waals surface area contributed by atoms with E-state index in [1.807, 2.05) is 24.3 Å². The standard InChI is InChI=1S/C36H23ClN4O10/c1-51-20-10-19(42)23-24(29(20)44)31(46)26-25(30(23)45)33(48)36(34(26)49)7-6-16-27(36)32(47)22-17(28(16)37)9-14(40-35(22)50)12-39-41-21(43)8-13-11-38-18-5-3-2-4-15(13)18/h2-5,9-12,38,47-49H,6-8H2,1H3,(H,40,50)(H,41,43)/b39-12+/t36-/m0/s1. The first-order valence-electron chi connectivity index (χ1n) is 15.4. The number of aliphatic hydroxyl groups excluding tert-OH is 2. The lowest BCUT2D eigenvalue weighted by molar-refractivity contribution is -0.120. The number of benzene rings is 2. The van der Waals surface area contributed by atoms with Crippen molar-refractivity contribution in [3.63, 3.8) is 0 Å². The second kappa shape index (κ2) is 11.0. The quantitative estimate of drug-likeness (QED) is 0.106. The molecule has 6 N–H and O–H groups in total. The summed E-state index contributed by atoms with van der Waals surface area (Å²) in [7, 11) is 1.10. The number of aromatic amines is 2. The SMILES string of the molecule is COc1cc(=O)c2c(=O)c3c(c(=O)c=2c1=O)=C(O)[C@]1(CCc2c1c(O)c1c(=O)[nH]c(/C=N/NC(=O)Cc4c[nH]c5ccccc45)cc1c2Cl)C=3O. The van der Waals surface area contributed by atoms with Crippen LogP contribution in [0.5, 0.6) is 11.5 Å². The molecule has 0 saturated carbocycles. The van der Waals surface area contributed by atoms with Gasteiger partial charge in [-0.1, -0.05) is 29.8 Å². The molecule has 15 heteroatoms. The highest BCUT2D eigenvalue weighted by atomic mass is 35.5. The number of aromatic hydroxyl groups is 1. The van der Waals surface area contributed by atoms with Crippen LogP contribution in [0.25, 0.3) is 33.2 Å². The summed E-state index contributed by atoms with van der Waals surface area (Å²) in [6.07, 6.45) is 2.73. The maximum absolute atomic E-state index is 13.7. The van der Waals surface area contributed by atoms with Crippen LogP contribution in [0.2, 0.25) is 5.02 Å². The van der Waals surface area contributed by atoms with E-state index in [2.05, 4.69) is 20.5 Å². The van der Waals surface area contributed by atoms with Crippen LogP contribution in [-0.2, 0) is 23.1 Å². The molecule has 8 rings (SSSR count). The fourth-order valence-corrected chi connectivity index (χ4v) is 7.88. The van der Waals surface area contributed by atoms with Crippen LogP contribution >= 0.6 is 11.6 Å². The number of carbonyl (C=O) groups excluding carboxylic acids is 1. The van der Waals surface area contributed by atoms with Crippen molar-refractivity contribution in [2.24, 2.45) is 5.10 Å². The lowest BCUT2D eigenvalue weighted by Crippen LogP contribution is -2.51. The summed E-state index contributed by atoms with van der Waals surface area (Å²) in [6, 6.07) is 9.67. The third-order valence-corrected chi connectivity index (χ3v) is 10.2. The Balaban J connectivity index is 1.23. The van der Waals surface area contributed by atoms with E-state index in [9.17, 15) is 44.1 Å². The summed E-state index contributed by atoms with van der Waals surface area (Å²) < 4.78 is 4.90. The fourth-order valence-electron chi connectivity index (χ4n) is 7.55. The number of phenolic OH excluding ortho intramolecular Hbond substituents is 1. The second-order valence-corrected chi connectivity index (χ2v) is 12.7. The number of para-hydroxylation sites is 1. The van der Waals surface area contributed by atoms with Gasteiger partial charge >= 0.3 is 0 Å². The van der Waals surface area contributed by atoms with E-state index in [-0.39, 0.29) is 51.9 Å². The Morgan fingerprint density at radius 2 is 1.69 bits per heavy atom. The van der Waals surface area contributed by atoms with E-state index in [4.69, 9.17) is 16.3 Å². The number of hydrogen-bond donors (Lipinski definition) is 6. The monoisotopic (exact) mass is 706 g/mol. The number of aromatic nitrogens is 2. The summed E-state index contributed by atoms with van der Waals surface area (Å²) in [5, 5.41) is 36.5. The van der Waals surface area contributed by atoms with Crippen LogP contribution in [0.4, 0.5) is 0 Å². The first-order valence-corrected chi connectivity index (χ1v) is 15.8. The molecule has 0 fully saturated rings. The zero-order chi connectivity index (χ0) is 36.1. The van der Waals surface area contributed by atoms with Crippen molar-refractivity contribution in [3.8, 4) is 11.5 Å². The van der Waals surface area contributed by atoms with Gasteiger partial charge in [0.15, 0.2) is 11.2 Å². The molecule has 4 aliphatic rings. The molecule has 4 aliphatic carbocycles. The van der Waals surface area contributed by atoms with Gasteiger partial charge in [-0.15, -0.1) is 0 Å². The summed E-state index contributed by atoms with van der Waals surface area (Å²) >= 11 is 6.82. The van der Waals surface area contributed by atoms with Crippen molar-refractivity contribution in [1.82, 2.24) is 15.4 Å². The van der Waals surface area contributed by atoms with Gasteiger partial charge in [-0.3, -0.25) is 28.8 Å². The van der Waals surface area contributed by atoms with Crippen molar-refractivity contribution in [2.45, 2.75) is 24.7 Å². The van der Waals surface area contributed by atoms with Gasteiger partial charge < -0.3 is 30.0 Å². The molecule has 14 nitrogen and oxygen atoms in total. The van der Waals surface area contributed by atoms with Crippen molar-refractivity contribution >= 4 is 56.9 Å². The molecular formula is C36H23ClN4O10. The Morgan fingerprint density at radius 1 is 0.980 bits per heavy atom. The van der Waals surface area contributed by atoms with Crippen LogP contribution in [0.3, 0.4) is 0 Å². The number of H-pyrrole nitrogens is 2.